The summed E-state index contributed by atoms with van der Waals surface area (Å²) in [5.41, 5.74) is 6.82. The third-order valence-electron chi connectivity index (χ3n) is 4.02. The highest BCUT2D eigenvalue weighted by Crippen LogP contribution is 2.25. The van der Waals surface area contributed by atoms with Gasteiger partial charge in [0, 0.05) is 0 Å². The number of hydrazine groups is 1. The minimum atomic E-state index is -0.499. The van der Waals surface area contributed by atoms with Gasteiger partial charge in [0.05, 0.1) is 10.6 Å². The van der Waals surface area contributed by atoms with Crippen LogP contribution >= 0.6 is 11.6 Å². The smallest absolute Gasteiger partial charge is 0.271 e. The minimum Gasteiger partial charge on any atom is -0.359 e. The van der Waals surface area contributed by atoms with Gasteiger partial charge in [0.2, 0.25) is 0 Å². The van der Waals surface area contributed by atoms with Gasteiger partial charge in [-0.25, -0.2) is 0 Å². The fourth-order valence-electron chi connectivity index (χ4n) is 2.67. The summed E-state index contributed by atoms with van der Waals surface area (Å²) in [6.07, 6.45) is -0.396. The summed E-state index contributed by atoms with van der Waals surface area (Å²) in [6, 6.07) is 25.8. The fourth-order valence-corrected chi connectivity index (χ4v) is 2.90. The predicted octanol–water partition coefficient (Wildman–Crippen LogP) is 3.91. The zero-order valence-corrected chi connectivity index (χ0v) is 15.7. The number of rotatable bonds is 6. The number of ether oxygens (including phenoxy) is 1. The molecule has 2 amide bonds. The van der Waals surface area contributed by atoms with Crippen molar-refractivity contribution in [3.63, 3.8) is 0 Å². The Hall–Kier alpha value is -3.15. The van der Waals surface area contributed by atoms with E-state index >= 15 is 0 Å². The standard InChI is InChI=1S/C22H19ClN2O3/c23-19-14-8-7-13-18(19)22(27)25-24-20(26)15-28-21(16-9-3-1-4-10-16)17-11-5-2-6-12-17/h1-14,21H,15H2,(H,24,26)(H,25,27). The molecular formula is C22H19ClN2O3. The van der Waals surface area contributed by atoms with Crippen LogP contribution in [0.15, 0.2) is 84.9 Å². The van der Waals surface area contributed by atoms with Gasteiger partial charge >= 0.3 is 0 Å². The van der Waals surface area contributed by atoms with Crippen LogP contribution < -0.4 is 10.9 Å². The topological polar surface area (TPSA) is 67.4 Å². The molecule has 142 valence electrons. The van der Waals surface area contributed by atoms with Crippen LogP contribution in [-0.2, 0) is 9.53 Å². The first-order valence-electron chi connectivity index (χ1n) is 8.70. The van der Waals surface area contributed by atoms with Gasteiger partial charge in [-0.1, -0.05) is 84.4 Å². The third-order valence-corrected chi connectivity index (χ3v) is 4.35. The molecule has 0 aromatic heterocycles. The average Bonchev–Trinajstić information content (AvgIpc) is 2.74. The molecule has 0 aliphatic heterocycles. The second-order valence-electron chi connectivity index (χ2n) is 5.99. The highest BCUT2D eigenvalue weighted by Gasteiger charge is 2.17. The Kier molecular flexibility index (Phi) is 6.78. The van der Waals surface area contributed by atoms with Crippen molar-refractivity contribution in [2.24, 2.45) is 0 Å². The van der Waals surface area contributed by atoms with E-state index in [4.69, 9.17) is 16.3 Å². The van der Waals surface area contributed by atoms with Crippen LogP contribution in [0.1, 0.15) is 27.6 Å². The second-order valence-corrected chi connectivity index (χ2v) is 6.40. The van der Waals surface area contributed by atoms with E-state index in [1.165, 1.54) is 0 Å². The molecule has 0 fully saturated rings. The minimum absolute atomic E-state index is 0.225. The van der Waals surface area contributed by atoms with Gasteiger partial charge < -0.3 is 4.74 Å². The molecule has 3 rings (SSSR count). The number of amides is 2. The lowest BCUT2D eigenvalue weighted by atomic mass is 10.0. The first-order chi connectivity index (χ1) is 13.6. The Morgan fingerprint density at radius 2 is 1.32 bits per heavy atom. The lowest BCUT2D eigenvalue weighted by Gasteiger charge is -2.19. The summed E-state index contributed by atoms with van der Waals surface area (Å²) < 4.78 is 5.85. The maximum Gasteiger partial charge on any atom is 0.271 e. The lowest BCUT2D eigenvalue weighted by Crippen LogP contribution is -2.43. The molecule has 0 radical (unpaired) electrons. The Bertz CT molecular complexity index is 893. The molecule has 5 nitrogen and oxygen atoms in total. The number of benzene rings is 3. The molecule has 0 atom stereocenters. The zero-order chi connectivity index (χ0) is 19.8. The van der Waals surface area contributed by atoms with Crippen LogP contribution in [0, 0.1) is 0 Å². The van der Waals surface area contributed by atoms with Crippen LogP contribution in [0.4, 0.5) is 0 Å². The molecule has 28 heavy (non-hydrogen) atoms. The SMILES string of the molecule is O=C(COC(c1ccccc1)c1ccccc1)NNC(=O)c1ccccc1Cl. The van der Waals surface area contributed by atoms with Crippen molar-refractivity contribution in [1.82, 2.24) is 10.9 Å². The fraction of sp³-hybridized carbons (Fsp3) is 0.0909. The Labute approximate surface area is 168 Å². The first-order valence-corrected chi connectivity index (χ1v) is 9.08. The first kappa shape index (κ1) is 19.6. The lowest BCUT2D eigenvalue weighted by molar-refractivity contribution is -0.127. The van der Waals surface area contributed by atoms with Crippen molar-refractivity contribution in [3.8, 4) is 0 Å². The Morgan fingerprint density at radius 1 is 0.786 bits per heavy atom. The van der Waals surface area contributed by atoms with Gasteiger partial charge in [-0.2, -0.15) is 0 Å². The van der Waals surface area contributed by atoms with E-state index < -0.39 is 17.9 Å². The molecule has 0 spiro atoms. The van der Waals surface area contributed by atoms with E-state index in [9.17, 15) is 9.59 Å². The maximum absolute atomic E-state index is 12.1. The number of hydrogen-bond acceptors (Lipinski definition) is 3. The summed E-state index contributed by atoms with van der Waals surface area (Å²) in [5.74, 6) is -0.973. The van der Waals surface area contributed by atoms with E-state index in [-0.39, 0.29) is 12.2 Å². The molecule has 0 bridgehead atoms. The number of halogens is 1. The van der Waals surface area contributed by atoms with Gasteiger partial charge in [-0.3, -0.25) is 20.4 Å². The van der Waals surface area contributed by atoms with Gasteiger partial charge in [0.25, 0.3) is 11.8 Å². The molecule has 0 saturated heterocycles. The zero-order valence-electron chi connectivity index (χ0n) is 15.0. The summed E-state index contributed by atoms with van der Waals surface area (Å²) >= 11 is 5.97. The van der Waals surface area contributed by atoms with Crippen molar-refractivity contribution in [2.45, 2.75) is 6.10 Å². The molecule has 0 aliphatic rings. The normalized spacial score (nSPS) is 10.5. The number of nitrogens with one attached hydrogen (secondary N) is 2. The van der Waals surface area contributed by atoms with E-state index in [1.807, 2.05) is 60.7 Å². The summed E-state index contributed by atoms with van der Waals surface area (Å²) in [5, 5.41) is 0.304. The maximum atomic E-state index is 12.1. The van der Waals surface area contributed by atoms with E-state index in [1.54, 1.807) is 24.3 Å². The van der Waals surface area contributed by atoms with Crippen LogP contribution in [0.3, 0.4) is 0 Å². The summed E-state index contributed by atoms with van der Waals surface area (Å²) in [6.45, 7) is -0.225. The number of carbonyl (C=O) groups excluding carboxylic acids is 2. The van der Waals surface area contributed by atoms with Crippen LogP contribution in [0.2, 0.25) is 5.02 Å². The van der Waals surface area contributed by atoms with E-state index in [0.29, 0.717) is 5.02 Å². The molecule has 2 N–H and O–H groups in total. The van der Waals surface area contributed by atoms with E-state index in [0.717, 1.165) is 11.1 Å². The van der Waals surface area contributed by atoms with Crippen molar-refractivity contribution >= 4 is 23.4 Å². The van der Waals surface area contributed by atoms with Gasteiger partial charge in [0.15, 0.2) is 0 Å². The molecule has 3 aromatic carbocycles. The van der Waals surface area contributed by atoms with Gasteiger partial charge in [0.1, 0.15) is 12.7 Å². The quantitative estimate of drug-likeness (QED) is 0.623. The largest absolute Gasteiger partial charge is 0.359 e. The van der Waals surface area contributed by atoms with Crippen LogP contribution in [0.25, 0.3) is 0 Å². The monoisotopic (exact) mass is 394 g/mol. The van der Waals surface area contributed by atoms with Crippen molar-refractivity contribution < 1.29 is 14.3 Å². The van der Waals surface area contributed by atoms with Crippen molar-refractivity contribution in [2.75, 3.05) is 6.61 Å². The third kappa shape index (κ3) is 5.19. The van der Waals surface area contributed by atoms with Gasteiger partial charge in [-0.05, 0) is 23.3 Å². The highest BCUT2D eigenvalue weighted by atomic mass is 35.5. The van der Waals surface area contributed by atoms with E-state index in [2.05, 4.69) is 10.9 Å². The molecule has 0 saturated carbocycles. The summed E-state index contributed by atoms with van der Waals surface area (Å²) in [4.78, 5) is 24.2. The molecule has 0 unspecified atom stereocenters. The number of carbonyl (C=O) groups is 2. The highest BCUT2D eigenvalue weighted by molar-refractivity contribution is 6.33. The Balaban J connectivity index is 1.60. The second kappa shape index (κ2) is 9.69. The van der Waals surface area contributed by atoms with Crippen molar-refractivity contribution in [3.05, 3.63) is 107 Å². The van der Waals surface area contributed by atoms with Crippen LogP contribution in [0.5, 0.6) is 0 Å². The molecule has 0 heterocycles. The average molecular weight is 395 g/mol. The Morgan fingerprint density at radius 3 is 1.89 bits per heavy atom. The van der Waals surface area contributed by atoms with Crippen LogP contribution in [-0.4, -0.2) is 18.4 Å². The molecule has 0 aliphatic carbocycles. The predicted molar refractivity (Wildman–Crippen MR) is 108 cm³/mol. The molecular weight excluding hydrogens is 376 g/mol. The van der Waals surface area contributed by atoms with Gasteiger partial charge in [-0.15, -0.1) is 0 Å². The summed E-state index contributed by atoms with van der Waals surface area (Å²) in [7, 11) is 0. The molecule has 6 heteroatoms. The molecule has 3 aromatic rings. The number of hydrogen-bond donors (Lipinski definition) is 2. The van der Waals surface area contributed by atoms with Crippen molar-refractivity contribution in [1.29, 1.82) is 0 Å².